The third kappa shape index (κ3) is 6.88. The van der Waals surface area contributed by atoms with E-state index in [0.29, 0.717) is 6.54 Å². The smallest absolute Gasteiger partial charge is 0.191 e. The van der Waals surface area contributed by atoms with Crippen LogP contribution < -0.4 is 10.6 Å². The van der Waals surface area contributed by atoms with Crippen LogP contribution in [0.5, 0.6) is 0 Å². The Bertz CT molecular complexity index is 526. The number of nitrogens with one attached hydrogen (secondary N) is 2. The monoisotopic (exact) mass is 414 g/mol. The molecule has 0 saturated heterocycles. The summed E-state index contributed by atoms with van der Waals surface area (Å²) in [5.41, 5.74) is 0.964. The van der Waals surface area contributed by atoms with Crippen molar-refractivity contribution in [3.63, 3.8) is 0 Å². The maximum atomic E-state index is 4.53. The van der Waals surface area contributed by atoms with Crippen LogP contribution in [0.4, 0.5) is 0 Å². The van der Waals surface area contributed by atoms with Crippen molar-refractivity contribution in [2.45, 2.75) is 26.4 Å². The Labute approximate surface area is 148 Å². The van der Waals surface area contributed by atoms with Crippen molar-refractivity contribution in [1.29, 1.82) is 0 Å². The first-order chi connectivity index (χ1) is 10.4. The van der Waals surface area contributed by atoms with Gasteiger partial charge in [0, 0.05) is 38.2 Å². The van der Waals surface area contributed by atoms with Gasteiger partial charge in [-0.1, -0.05) is 6.07 Å². The van der Waals surface area contributed by atoms with Crippen LogP contribution in [0.2, 0.25) is 0 Å². The molecule has 7 heteroatoms. The second-order valence-corrected chi connectivity index (χ2v) is 4.57. The van der Waals surface area contributed by atoms with Crippen LogP contribution in [0.25, 0.3) is 0 Å². The molecule has 2 aromatic rings. The Balaban J connectivity index is 0.00000242. The van der Waals surface area contributed by atoms with Crippen molar-refractivity contribution in [3.8, 4) is 0 Å². The topological polar surface area (TPSA) is 67.1 Å². The van der Waals surface area contributed by atoms with Crippen LogP contribution in [0.3, 0.4) is 0 Å². The molecule has 0 fully saturated rings. The van der Waals surface area contributed by atoms with Gasteiger partial charge in [-0.05, 0) is 31.5 Å². The zero-order chi connectivity index (χ0) is 14.8. The van der Waals surface area contributed by atoms with Gasteiger partial charge in [-0.15, -0.1) is 24.0 Å². The SMILES string of the molecule is CCNC(=NCc1ccccn1)NCCCn1cccn1.I. The summed E-state index contributed by atoms with van der Waals surface area (Å²) >= 11 is 0. The minimum absolute atomic E-state index is 0. The van der Waals surface area contributed by atoms with Gasteiger partial charge in [0.15, 0.2) is 5.96 Å². The first kappa shape index (κ1) is 18.4. The lowest BCUT2D eigenvalue weighted by Crippen LogP contribution is -2.38. The van der Waals surface area contributed by atoms with Crippen LogP contribution in [0.1, 0.15) is 19.0 Å². The molecular weight excluding hydrogens is 391 g/mol. The molecule has 2 N–H and O–H groups in total. The molecule has 2 rings (SSSR count). The number of hydrogen-bond acceptors (Lipinski definition) is 3. The molecule has 120 valence electrons. The quantitative estimate of drug-likeness (QED) is 0.315. The van der Waals surface area contributed by atoms with E-state index in [9.17, 15) is 0 Å². The fourth-order valence-corrected chi connectivity index (χ4v) is 1.87. The van der Waals surface area contributed by atoms with Gasteiger partial charge >= 0.3 is 0 Å². The number of nitrogens with zero attached hydrogens (tertiary/aromatic N) is 4. The molecule has 0 spiro atoms. The van der Waals surface area contributed by atoms with Crippen LogP contribution in [0.15, 0.2) is 47.8 Å². The first-order valence-electron chi connectivity index (χ1n) is 7.28. The van der Waals surface area contributed by atoms with E-state index in [2.05, 4.69) is 32.6 Å². The van der Waals surface area contributed by atoms with Crippen molar-refractivity contribution in [2.75, 3.05) is 13.1 Å². The zero-order valence-corrected chi connectivity index (χ0v) is 15.1. The average Bonchev–Trinajstić information content (AvgIpc) is 3.03. The van der Waals surface area contributed by atoms with Crippen LogP contribution in [0, 0.1) is 0 Å². The second-order valence-electron chi connectivity index (χ2n) is 4.57. The van der Waals surface area contributed by atoms with E-state index in [4.69, 9.17) is 0 Å². The Morgan fingerprint density at radius 3 is 2.82 bits per heavy atom. The fraction of sp³-hybridized carbons (Fsp3) is 0.400. The summed E-state index contributed by atoms with van der Waals surface area (Å²) in [4.78, 5) is 8.79. The van der Waals surface area contributed by atoms with Crippen molar-refractivity contribution >= 4 is 29.9 Å². The third-order valence-corrected chi connectivity index (χ3v) is 2.89. The maximum absolute atomic E-state index is 4.53. The van der Waals surface area contributed by atoms with E-state index in [1.54, 1.807) is 12.4 Å². The number of aliphatic imine (C=N–C) groups is 1. The summed E-state index contributed by atoms with van der Waals surface area (Å²) in [5, 5.41) is 10.7. The van der Waals surface area contributed by atoms with E-state index in [1.807, 2.05) is 35.1 Å². The van der Waals surface area contributed by atoms with Crippen LogP contribution in [-0.4, -0.2) is 33.8 Å². The molecule has 22 heavy (non-hydrogen) atoms. The molecule has 0 atom stereocenters. The largest absolute Gasteiger partial charge is 0.357 e. The predicted octanol–water partition coefficient (Wildman–Crippen LogP) is 2.04. The number of hydrogen-bond donors (Lipinski definition) is 2. The van der Waals surface area contributed by atoms with Gasteiger partial charge in [0.25, 0.3) is 0 Å². The van der Waals surface area contributed by atoms with Crippen molar-refractivity contribution in [1.82, 2.24) is 25.4 Å². The second kappa shape index (κ2) is 11.0. The van der Waals surface area contributed by atoms with Gasteiger partial charge in [0.1, 0.15) is 0 Å². The van der Waals surface area contributed by atoms with Gasteiger partial charge in [-0.3, -0.25) is 9.67 Å². The lowest BCUT2D eigenvalue weighted by molar-refractivity contribution is 0.570. The summed E-state index contributed by atoms with van der Waals surface area (Å²) in [5.74, 6) is 0.823. The Morgan fingerprint density at radius 2 is 2.14 bits per heavy atom. The molecule has 6 nitrogen and oxygen atoms in total. The molecule has 0 aliphatic heterocycles. The van der Waals surface area contributed by atoms with E-state index < -0.39 is 0 Å². The highest BCUT2D eigenvalue weighted by atomic mass is 127. The molecule has 0 aromatic carbocycles. The van der Waals surface area contributed by atoms with E-state index in [0.717, 1.165) is 37.7 Å². The molecular formula is C15H23IN6. The minimum atomic E-state index is 0. The summed E-state index contributed by atoms with van der Waals surface area (Å²) in [6.45, 7) is 5.23. The highest BCUT2D eigenvalue weighted by Crippen LogP contribution is 1.95. The van der Waals surface area contributed by atoms with Gasteiger partial charge in [-0.2, -0.15) is 5.10 Å². The van der Waals surface area contributed by atoms with Crippen molar-refractivity contribution in [2.24, 2.45) is 4.99 Å². The number of aromatic nitrogens is 3. The molecule has 0 saturated carbocycles. The van der Waals surface area contributed by atoms with Gasteiger partial charge < -0.3 is 10.6 Å². The van der Waals surface area contributed by atoms with Crippen molar-refractivity contribution in [3.05, 3.63) is 48.5 Å². The van der Waals surface area contributed by atoms with Gasteiger partial charge in [0.05, 0.1) is 12.2 Å². The number of aryl methyl sites for hydroxylation is 1. The number of rotatable bonds is 7. The molecule has 0 unspecified atom stereocenters. The number of guanidine groups is 1. The normalized spacial score (nSPS) is 10.9. The third-order valence-electron chi connectivity index (χ3n) is 2.89. The Hall–Kier alpha value is -1.64. The minimum Gasteiger partial charge on any atom is -0.357 e. The first-order valence-corrected chi connectivity index (χ1v) is 7.28. The Kier molecular flexibility index (Phi) is 9.20. The zero-order valence-electron chi connectivity index (χ0n) is 12.8. The standard InChI is InChI=1S/C15H22N6.HI/c1-2-16-15(19-13-14-7-3-4-8-17-14)18-9-5-11-21-12-6-10-20-21;/h3-4,6-8,10,12H,2,5,9,11,13H2,1H3,(H2,16,18,19);1H. The lowest BCUT2D eigenvalue weighted by Gasteiger charge is -2.11. The highest BCUT2D eigenvalue weighted by Gasteiger charge is 1.98. The summed E-state index contributed by atoms with van der Waals surface area (Å²) in [7, 11) is 0. The highest BCUT2D eigenvalue weighted by molar-refractivity contribution is 14.0. The van der Waals surface area contributed by atoms with Crippen LogP contribution >= 0.6 is 24.0 Å². The van der Waals surface area contributed by atoms with E-state index in [1.165, 1.54) is 0 Å². The molecule has 0 aliphatic rings. The summed E-state index contributed by atoms with van der Waals surface area (Å²) in [6, 6.07) is 7.80. The van der Waals surface area contributed by atoms with Gasteiger partial charge in [-0.25, -0.2) is 4.99 Å². The molecule has 0 amide bonds. The number of pyridine rings is 1. The maximum Gasteiger partial charge on any atom is 0.191 e. The van der Waals surface area contributed by atoms with Crippen molar-refractivity contribution < 1.29 is 0 Å². The summed E-state index contributed by atoms with van der Waals surface area (Å²) < 4.78 is 1.93. The average molecular weight is 414 g/mol. The van der Waals surface area contributed by atoms with Gasteiger partial charge in [0.2, 0.25) is 0 Å². The molecule has 2 heterocycles. The number of halogens is 1. The predicted molar refractivity (Wildman–Crippen MR) is 99.3 cm³/mol. The molecule has 2 aromatic heterocycles. The molecule has 0 aliphatic carbocycles. The molecule has 0 bridgehead atoms. The lowest BCUT2D eigenvalue weighted by atomic mass is 10.3. The fourth-order valence-electron chi connectivity index (χ4n) is 1.87. The van der Waals surface area contributed by atoms with E-state index in [-0.39, 0.29) is 24.0 Å². The van der Waals surface area contributed by atoms with E-state index >= 15 is 0 Å². The Morgan fingerprint density at radius 1 is 1.23 bits per heavy atom. The molecule has 0 radical (unpaired) electrons. The van der Waals surface area contributed by atoms with Crippen LogP contribution in [-0.2, 0) is 13.1 Å². The summed E-state index contributed by atoms with van der Waals surface area (Å²) in [6.07, 6.45) is 6.55.